The van der Waals surface area contributed by atoms with Gasteiger partial charge in [-0.1, -0.05) is 60.1 Å². The van der Waals surface area contributed by atoms with Crippen LogP contribution < -0.4 is 5.32 Å². The van der Waals surface area contributed by atoms with Crippen LogP contribution in [0, 0.1) is 0 Å². The maximum absolute atomic E-state index is 13.3. The van der Waals surface area contributed by atoms with E-state index >= 15 is 0 Å². The third-order valence-electron chi connectivity index (χ3n) is 7.01. The van der Waals surface area contributed by atoms with Gasteiger partial charge in [0.1, 0.15) is 0 Å². The fourth-order valence-electron chi connectivity index (χ4n) is 4.90. The summed E-state index contributed by atoms with van der Waals surface area (Å²) in [6.45, 7) is 0. The van der Waals surface area contributed by atoms with Crippen LogP contribution in [-0.4, -0.2) is 38.8 Å². The second kappa shape index (κ2) is 13.1. The summed E-state index contributed by atoms with van der Waals surface area (Å²) in [5, 5.41) is 23.8. The van der Waals surface area contributed by atoms with Gasteiger partial charge in [-0.3, -0.25) is 4.79 Å². The molecule has 1 aliphatic rings. The number of rotatable bonds is 10. The van der Waals surface area contributed by atoms with Crippen molar-refractivity contribution in [1.82, 2.24) is 10.3 Å². The van der Waals surface area contributed by atoms with Crippen LogP contribution in [0.15, 0.2) is 94.9 Å². The van der Waals surface area contributed by atoms with Gasteiger partial charge >= 0.3 is 11.9 Å². The number of nitrogens with one attached hydrogen (secondary N) is 1. The molecule has 42 heavy (non-hydrogen) atoms. The van der Waals surface area contributed by atoms with Gasteiger partial charge in [-0.15, -0.1) is 11.8 Å². The quantitative estimate of drug-likeness (QED) is 0.164. The maximum Gasteiger partial charge on any atom is 0.336 e. The summed E-state index contributed by atoms with van der Waals surface area (Å²) in [6.07, 6.45) is 5.20. The first-order valence-electron chi connectivity index (χ1n) is 13.3. The molecule has 0 radical (unpaired) electrons. The van der Waals surface area contributed by atoms with Gasteiger partial charge in [0.2, 0.25) is 5.91 Å². The molecule has 1 aliphatic carbocycles. The number of pyridine rings is 1. The van der Waals surface area contributed by atoms with Gasteiger partial charge in [0.15, 0.2) is 0 Å². The molecule has 212 valence electrons. The third-order valence-corrected chi connectivity index (χ3v) is 8.42. The summed E-state index contributed by atoms with van der Waals surface area (Å²) in [7, 11) is 0. The molecule has 4 aromatic rings. The molecule has 0 saturated heterocycles. The molecule has 1 amide bonds. The summed E-state index contributed by atoms with van der Waals surface area (Å²) < 4.78 is 0. The largest absolute Gasteiger partial charge is 0.478 e. The summed E-state index contributed by atoms with van der Waals surface area (Å²) in [4.78, 5) is 42.0. The lowest BCUT2D eigenvalue weighted by atomic mass is 10.0. The number of carbonyl (C=O) groups is 3. The molecule has 3 N–H and O–H groups in total. The van der Waals surface area contributed by atoms with E-state index in [4.69, 9.17) is 11.6 Å². The Morgan fingerprint density at radius 3 is 2.50 bits per heavy atom. The number of nitrogens with zero attached hydrogens (tertiary/aromatic N) is 1. The lowest BCUT2D eigenvalue weighted by Crippen LogP contribution is -2.31. The Bertz CT molecular complexity index is 1750. The van der Waals surface area contributed by atoms with Gasteiger partial charge in [-0.2, -0.15) is 0 Å². The molecule has 9 heteroatoms. The number of carbonyl (C=O) groups excluding carboxylic acids is 1. The van der Waals surface area contributed by atoms with Gasteiger partial charge in [0, 0.05) is 32.2 Å². The van der Waals surface area contributed by atoms with Gasteiger partial charge in [0.25, 0.3) is 0 Å². The Morgan fingerprint density at radius 2 is 1.69 bits per heavy atom. The molecule has 3 aromatic carbocycles. The second-order valence-corrected chi connectivity index (χ2v) is 11.3. The van der Waals surface area contributed by atoms with Crippen LogP contribution in [0.25, 0.3) is 23.1 Å². The van der Waals surface area contributed by atoms with Crippen molar-refractivity contribution in [1.29, 1.82) is 0 Å². The molecule has 0 saturated carbocycles. The number of thioether (sulfide) groups is 1. The number of carboxylic acid groups (broad SMARTS) is 2. The van der Waals surface area contributed by atoms with Crippen LogP contribution in [0.2, 0.25) is 5.02 Å². The summed E-state index contributed by atoms with van der Waals surface area (Å²) in [5.41, 5.74) is 3.86. The molecule has 0 aliphatic heterocycles. The molecule has 1 unspecified atom stereocenters. The van der Waals surface area contributed by atoms with Crippen LogP contribution in [0.1, 0.15) is 52.5 Å². The fourth-order valence-corrected chi connectivity index (χ4v) is 6.17. The second-order valence-electron chi connectivity index (χ2n) is 9.83. The highest BCUT2D eigenvalue weighted by molar-refractivity contribution is 7.99. The topological polar surface area (TPSA) is 117 Å². The number of carboxylic acids is 2. The van der Waals surface area contributed by atoms with Gasteiger partial charge in [0.05, 0.1) is 22.8 Å². The van der Waals surface area contributed by atoms with Crippen LogP contribution in [0.5, 0.6) is 0 Å². The summed E-state index contributed by atoms with van der Waals surface area (Å²) in [5.74, 6) is -2.18. The average molecular weight is 599 g/mol. The third kappa shape index (κ3) is 6.90. The minimum Gasteiger partial charge on any atom is -0.478 e. The fraction of sp³-hybridized carbons (Fsp3) is 0.152. The lowest BCUT2D eigenvalue weighted by Gasteiger charge is -2.21. The number of aliphatic carboxylic acids is 1. The summed E-state index contributed by atoms with van der Waals surface area (Å²) in [6, 6.07) is 23.3. The number of amides is 1. The Kier molecular flexibility index (Phi) is 9.05. The standard InChI is InChI=1S/C33H27ClN2O5S/c34-23-14-12-21-13-16-24(35-28(21)18-23)15-11-20-5-3-6-22(17-20)29(19-42-30-10-2-1-7-27(30)33(40)41)36-31(37)25-8-4-9-26(25)32(38)39/h1-3,5-7,10-18,29H,4,8-9,19H2,(H,36,37)(H,38,39)(H,40,41)/b15-11+. The van der Waals surface area contributed by atoms with E-state index in [1.54, 1.807) is 24.3 Å². The number of hydrogen-bond acceptors (Lipinski definition) is 5. The highest BCUT2D eigenvalue weighted by Gasteiger charge is 2.27. The number of halogens is 1. The van der Waals surface area contributed by atoms with Crippen molar-refractivity contribution < 1.29 is 24.6 Å². The molecule has 5 rings (SSSR count). The summed E-state index contributed by atoms with van der Waals surface area (Å²) >= 11 is 7.45. The molecule has 0 fully saturated rings. The van der Waals surface area contributed by atoms with E-state index in [9.17, 15) is 24.6 Å². The Balaban J connectivity index is 1.42. The Hall–Kier alpha value is -4.40. The molecular weight excluding hydrogens is 572 g/mol. The normalized spacial score (nSPS) is 13.9. The number of aromatic carboxylic acids is 1. The number of aromatic nitrogens is 1. The van der Waals surface area contributed by atoms with Crippen molar-refractivity contribution in [3.63, 3.8) is 0 Å². The van der Waals surface area contributed by atoms with Crippen molar-refractivity contribution in [3.05, 3.63) is 117 Å². The molecule has 1 aromatic heterocycles. The lowest BCUT2D eigenvalue weighted by molar-refractivity contribution is -0.133. The molecule has 1 heterocycles. The van der Waals surface area contributed by atoms with Gasteiger partial charge in [-0.25, -0.2) is 14.6 Å². The van der Waals surface area contributed by atoms with Gasteiger partial charge < -0.3 is 15.5 Å². The zero-order valence-electron chi connectivity index (χ0n) is 22.4. The maximum atomic E-state index is 13.3. The van der Waals surface area contributed by atoms with Crippen molar-refractivity contribution in [2.45, 2.75) is 30.2 Å². The SMILES string of the molecule is O=C(O)C1=C(C(=O)NC(CSc2ccccc2C(=O)O)c2cccc(/C=C/c3ccc4ccc(Cl)cc4n3)c2)CCC1. The van der Waals surface area contributed by atoms with E-state index in [0.717, 1.165) is 27.7 Å². The van der Waals surface area contributed by atoms with E-state index < -0.39 is 23.9 Å². The smallest absolute Gasteiger partial charge is 0.336 e. The first-order chi connectivity index (χ1) is 20.3. The zero-order chi connectivity index (χ0) is 29.6. The predicted molar refractivity (Wildman–Crippen MR) is 166 cm³/mol. The molecular formula is C33H27ClN2O5S. The van der Waals surface area contributed by atoms with Crippen LogP contribution in [0.4, 0.5) is 0 Å². The number of fused-ring (bicyclic) bond motifs is 1. The van der Waals surface area contributed by atoms with E-state index in [1.807, 2.05) is 66.7 Å². The minimum absolute atomic E-state index is 0.149. The molecule has 0 bridgehead atoms. The predicted octanol–water partition coefficient (Wildman–Crippen LogP) is 7.27. The Morgan fingerprint density at radius 1 is 0.905 bits per heavy atom. The number of benzene rings is 3. The number of hydrogen-bond donors (Lipinski definition) is 3. The van der Waals surface area contributed by atoms with Crippen molar-refractivity contribution in [2.75, 3.05) is 5.75 Å². The van der Waals surface area contributed by atoms with E-state index in [0.29, 0.717) is 40.5 Å². The van der Waals surface area contributed by atoms with E-state index in [2.05, 4.69) is 10.3 Å². The van der Waals surface area contributed by atoms with E-state index in [1.165, 1.54) is 11.8 Å². The van der Waals surface area contributed by atoms with Crippen LogP contribution in [-0.2, 0) is 9.59 Å². The molecule has 7 nitrogen and oxygen atoms in total. The minimum atomic E-state index is -1.07. The van der Waals surface area contributed by atoms with Gasteiger partial charge in [-0.05, 0) is 72.9 Å². The monoisotopic (exact) mass is 598 g/mol. The van der Waals surface area contributed by atoms with E-state index in [-0.39, 0.29) is 11.1 Å². The zero-order valence-corrected chi connectivity index (χ0v) is 24.0. The Labute approximate surface area is 251 Å². The van der Waals surface area contributed by atoms with Crippen molar-refractivity contribution in [3.8, 4) is 0 Å². The first-order valence-corrected chi connectivity index (χ1v) is 14.7. The first kappa shape index (κ1) is 29.1. The average Bonchev–Trinajstić information content (AvgIpc) is 3.49. The van der Waals surface area contributed by atoms with Crippen LogP contribution in [0.3, 0.4) is 0 Å². The highest BCUT2D eigenvalue weighted by Crippen LogP contribution is 2.31. The highest BCUT2D eigenvalue weighted by atomic mass is 35.5. The van der Waals surface area contributed by atoms with Crippen molar-refractivity contribution >= 4 is 64.3 Å². The van der Waals surface area contributed by atoms with Crippen molar-refractivity contribution in [2.24, 2.45) is 0 Å². The van der Waals surface area contributed by atoms with Crippen LogP contribution >= 0.6 is 23.4 Å². The molecule has 0 spiro atoms. The molecule has 1 atom stereocenters.